The number of carbonyl (C=O) groups excluding carboxylic acids is 1. The van der Waals surface area contributed by atoms with Crippen molar-refractivity contribution in [3.05, 3.63) is 35.9 Å². The third-order valence-electron chi connectivity index (χ3n) is 5.24. The maximum atomic E-state index is 12.9. The number of hydrogen-bond donors (Lipinski definition) is 3. The zero-order valence-corrected chi connectivity index (χ0v) is 13.3. The molecule has 5 nitrogen and oxygen atoms in total. The number of aliphatic hydroxyl groups excluding tert-OH is 2. The van der Waals surface area contributed by atoms with E-state index in [4.69, 9.17) is 4.74 Å². The summed E-state index contributed by atoms with van der Waals surface area (Å²) in [6, 6.07) is 9.94. The van der Waals surface area contributed by atoms with Crippen molar-refractivity contribution in [3.8, 4) is 0 Å². The third kappa shape index (κ3) is 3.27. The molecular weight excluding hydrogens is 294 g/mol. The molecule has 0 bridgehead atoms. The summed E-state index contributed by atoms with van der Waals surface area (Å²) in [4.78, 5) is 12.9. The molecule has 2 fully saturated rings. The highest BCUT2D eigenvalue weighted by molar-refractivity contribution is 5.88. The summed E-state index contributed by atoms with van der Waals surface area (Å²) in [5, 5.41) is 22.7. The summed E-state index contributed by atoms with van der Waals surface area (Å²) >= 11 is 0. The van der Waals surface area contributed by atoms with Crippen molar-refractivity contribution in [1.29, 1.82) is 0 Å². The third-order valence-corrected chi connectivity index (χ3v) is 5.24. The maximum Gasteiger partial charge on any atom is 0.230 e. The predicted octanol–water partition coefficient (Wildman–Crippen LogP) is 0.983. The zero-order valence-electron chi connectivity index (χ0n) is 13.3. The molecule has 0 radical (unpaired) electrons. The Labute approximate surface area is 136 Å². The smallest absolute Gasteiger partial charge is 0.230 e. The molecule has 5 heteroatoms. The van der Waals surface area contributed by atoms with Crippen LogP contribution < -0.4 is 5.32 Å². The van der Waals surface area contributed by atoms with Gasteiger partial charge in [0.25, 0.3) is 0 Å². The molecule has 1 aliphatic heterocycles. The molecule has 3 rings (SSSR count). The van der Waals surface area contributed by atoms with Crippen LogP contribution in [0.1, 0.15) is 31.2 Å². The number of benzene rings is 1. The summed E-state index contributed by atoms with van der Waals surface area (Å²) in [5.41, 5.74) is 0.607. The molecule has 0 unspecified atom stereocenters. The fraction of sp³-hybridized carbons (Fsp3) is 0.611. The summed E-state index contributed by atoms with van der Waals surface area (Å²) in [6.07, 6.45) is 2.09. The van der Waals surface area contributed by atoms with Gasteiger partial charge in [0.15, 0.2) is 0 Å². The minimum absolute atomic E-state index is 0.0217. The van der Waals surface area contributed by atoms with Crippen LogP contribution in [-0.2, 0) is 14.9 Å². The molecule has 0 spiro atoms. The minimum Gasteiger partial charge on any atom is -0.390 e. The molecule has 2 aliphatic rings. The maximum absolute atomic E-state index is 12.9. The van der Waals surface area contributed by atoms with E-state index in [2.05, 4.69) is 5.32 Å². The number of ether oxygens (including phenoxy) is 1. The topological polar surface area (TPSA) is 78.8 Å². The normalized spacial score (nSPS) is 30.1. The van der Waals surface area contributed by atoms with Gasteiger partial charge in [-0.15, -0.1) is 0 Å². The second-order valence-corrected chi connectivity index (χ2v) is 6.72. The van der Waals surface area contributed by atoms with Gasteiger partial charge < -0.3 is 20.3 Å². The monoisotopic (exact) mass is 319 g/mol. The number of rotatable bonds is 4. The van der Waals surface area contributed by atoms with Crippen LogP contribution in [0.15, 0.2) is 30.3 Å². The Morgan fingerprint density at radius 2 is 1.87 bits per heavy atom. The number of hydrogen-bond acceptors (Lipinski definition) is 4. The van der Waals surface area contributed by atoms with Gasteiger partial charge in [0, 0.05) is 12.5 Å². The molecule has 1 saturated carbocycles. The Hall–Kier alpha value is -1.43. The Bertz CT molecular complexity index is 527. The van der Waals surface area contributed by atoms with E-state index in [1.807, 2.05) is 30.3 Å². The number of nitrogens with one attached hydrogen (secondary N) is 1. The van der Waals surface area contributed by atoms with Crippen molar-refractivity contribution < 1.29 is 19.7 Å². The van der Waals surface area contributed by atoms with E-state index >= 15 is 0 Å². The van der Waals surface area contributed by atoms with Crippen molar-refractivity contribution >= 4 is 5.91 Å². The van der Waals surface area contributed by atoms with E-state index in [9.17, 15) is 15.0 Å². The van der Waals surface area contributed by atoms with Gasteiger partial charge in [-0.05, 0) is 18.4 Å². The van der Waals surface area contributed by atoms with Gasteiger partial charge in [-0.25, -0.2) is 0 Å². The highest BCUT2D eigenvalue weighted by Crippen LogP contribution is 2.41. The largest absolute Gasteiger partial charge is 0.390 e. The van der Waals surface area contributed by atoms with E-state index in [0.717, 1.165) is 31.2 Å². The Morgan fingerprint density at radius 1 is 1.17 bits per heavy atom. The first kappa shape index (κ1) is 16.4. The molecule has 23 heavy (non-hydrogen) atoms. The lowest BCUT2D eigenvalue weighted by Crippen LogP contribution is -2.51. The van der Waals surface area contributed by atoms with Crippen molar-refractivity contribution in [2.75, 3.05) is 19.8 Å². The molecule has 1 aromatic rings. The molecular formula is C18H25NO4. The van der Waals surface area contributed by atoms with Crippen LogP contribution in [-0.4, -0.2) is 48.1 Å². The fourth-order valence-corrected chi connectivity index (χ4v) is 3.81. The lowest BCUT2D eigenvalue weighted by Gasteiger charge is -2.34. The highest BCUT2D eigenvalue weighted by atomic mass is 16.5. The van der Waals surface area contributed by atoms with Gasteiger partial charge in [-0.2, -0.15) is 0 Å². The quantitative estimate of drug-likeness (QED) is 0.773. The van der Waals surface area contributed by atoms with E-state index < -0.39 is 17.6 Å². The highest BCUT2D eigenvalue weighted by Gasteiger charge is 2.43. The molecule has 1 heterocycles. The lowest BCUT2D eigenvalue weighted by atomic mass is 9.78. The second-order valence-electron chi connectivity index (χ2n) is 6.72. The van der Waals surface area contributed by atoms with Crippen LogP contribution in [0.25, 0.3) is 0 Å². The fourth-order valence-electron chi connectivity index (χ4n) is 3.81. The van der Waals surface area contributed by atoms with Gasteiger partial charge in [0.2, 0.25) is 5.91 Å². The standard InChI is InChI=1S/C18H25NO4/c20-15-12-23-11-13(16(15)21)10-19-17(22)18(8-4-5-9-18)14-6-2-1-3-7-14/h1-3,6-7,13,15-16,20-21H,4-5,8-12H2,(H,19,22)/t13-,15-,16+/m1/s1. The van der Waals surface area contributed by atoms with E-state index in [-0.39, 0.29) is 18.4 Å². The van der Waals surface area contributed by atoms with Gasteiger partial charge in [-0.1, -0.05) is 43.2 Å². The molecule has 1 aliphatic carbocycles. The van der Waals surface area contributed by atoms with Gasteiger partial charge in [-0.3, -0.25) is 4.79 Å². The molecule has 3 atom stereocenters. The number of amides is 1. The number of carbonyl (C=O) groups is 1. The van der Waals surface area contributed by atoms with Gasteiger partial charge >= 0.3 is 0 Å². The molecule has 126 valence electrons. The predicted molar refractivity (Wildman–Crippen MR) is 85.9 cm³/mol. The first-order valence-electron chi connectivity index (χ1n) is 8.41. The lowest BCUT2D eigenvalue weighted by molar-refractivity contribution is -0.132. The van der Waals surface area contributed by atoms with Crippen molar-refractivity contribution in [2.24, 2.45) is 5.92 Å². The molecule has 0 aromatic heterocycles. The van der Waals surface area contributed by atoms with Crippen molar-refractivity contribution in [3.63, 3.8) is 0 Å². The van der Waals surface area contributed by atoms with Crippen molar-refractivity contribution in [1.82, 2.24) is 5.32 Å². The zero-order chi connectivity index (χ0) is 16.3. The Morgan fingerprint density at radius 3 is 2.57 bits per heavy atom. The molecule has 1 saturated heterocycles. The molecule has 1 amide bonds. The first-order chi connectivity index (χ1) is 11.1. The summed E-state index contributed by atoms with van der Waals surface area (Å²) < 4.78 is 5.27. The summed E-state index contributed by atoms with van der Waals surface area (Å²) in [7, 11) is 0. The minimum atomic E-state index is -0.875. The van der Waals surface area contributed by atoms with Gasteiger partial charge in [0.1, 0.15) is 6.10 Å². The Kier molecular flexibility index (Phi) is 4.99. The van der Waals surface area contributed by atoms with Crippen LogP contribution >= 0.6 is 0 Å². The van der Waals surface area contributed by atoms with Crippen LogP contribution in [0.5, 0.6) is 0 Å². The van der Waals surface area contributed by atoms with Crippen LogP contribution in [0.2, 0.25) is 0 Å². The average Bonchev–Trinajstić information content (AvgIpc) is 3.08. The summed E-state index contributed by atoms with van der Waals surface area (Å²) in [5.74, 6) is -0.245. The van der Waals surface area contributed by atoms with Gasteiger partial charge in [0.05, 0.1) is 24.7 Å². The first-order valence-corrected chi connectivity index (χ1v) is 8.41. The SMILES string of the molecule is O=C(NC[C@@H]1COC[C@@H](O)[C@H]1O)C1(c2ccccc2)CCCC1. The van der Waals surface area contributed by atoms with E-state index in [1.54, 1.807) is 0 Å². The average molecular weight is 319 g/mol. The van der Waals surface area contributed by atoms with Crippen LogP contribution in [0.3, 0.4) is 0 Å². The van der Waals surface area contributed by atoms with Crippen LogP contribution in [0, 0.1) is 5.92 Å². The van der Waals surface area contributed by atoms with E-state index in [1.165, 1.54) is 0 Å². The molecule has 1 aromatic carbocycles. The second kappa shape index (κ2) is 6.99. The van der Waals surface area contributed by atoms with Crippen LogP contribution in [0.4, 0.5) is 0 Å². The summed E-state index contributed by atoms with van der Waals surface area (Å²) in [6.45, 7) is 0.835. The van der Waals surface area contributed by atoms with Crippen molar-refractivity contribution in [2.45, 2.75) is 43.3 Å². The van der Waals surface area contributed by atoms with E-state index in [0.29, 0.717) is 13.2 Å². The number of aliphatic hydroxyl groups is 2. The molecule has 3 N–H and O–H groups in total. The Balaban J connectivity index is 1.68.